The number of nitrogens with two attached hydrogens (primary N) is 1. The molecule has 1 aromatic rings. The molecule has 0 atom stereocenters. The quantitative estimate of drug-likeness (QED) is 0.793. The summed E-state index contributed by atoms with van der Waals surface area (Å²) >= 11 is 1.63. The highest BCUT2D eigenvalue weighted by Crippen LogP contribution is 2.27. The summed E-state index contributed by atoms with van der Waals surface area (Å²) < 4.78 is 5.15. The zero-order valence-corrected chi connectivity index (χ0v) is 11.7. The second kappa shape index (κ2) is 5.09. The van der Waals surface area contributed by atoms with Crippen LogP contribution in [0.15, 0.2) is 34.4 Å². The Morgan fingerprint density at radius 2 is 2.35 bits per heavy atom. The average Bonchev–Trinajstić information content (AvgIpc) is 2.48. The van der Waals surface area contributed by atoms with Gasteiger partial charge in [-0.05, 0) is 18.2 Å². The molecular formula is C13H14N4O2S. The minimum Gasteiger partial charge on any atom is -0.495 e. The third kappa shape index (κ3) is 2.09. The molecule has 0 bridgehead atoms. The van der Waals surface area contributed by atoms with Gasteiger partial charge in [0.2, 0.25) is 0 Å². The second-order valence-corrected chi connectivity index (χ2v) is 5.34. The van der Waals surface area contributed by atoms with E-state index in [2.05, 4.69) is 10.5 Å². The lowest BCUT2D eigenvalue weighted by Crippen LogP contribution is -2.45. The number of anilines is 1. The van der Waals surface area contributed by atoms with Crippen molar-refractivity contribution < 1.29 is 9.53 Å². The SMILES string of the molecule is COc1ccc(C2=NNC(=O)C3=CSCCN32)cc1N. The normalized spacial score (nSPS) is 17.9. The van der Waals surface area contributed by atoms with Gasteiger partial charge in [-0.25, -0.2) is 5.43 Å². The standard InChI is InChI=1S/C13H14N4O2S/c1-19-11-3-2-8(6-9(11)14)12-15-16-13(18)10-7-20-5-4-17(10)12/h2-3,6-7H,4-5,14H2,1H3,(H,16,18). The van der Waals surface area contributed by atoms with E-state index < -0.39 is 0 Å². The number of nitrogens with zero attached hydrogens (tertiary/aromatic N) is 2. The Morgan fingerprint density at radius 1 is 1.50 bits per heavy atom. The van der Waals surface area contributed by atoms with Crippen molar-refractivity contribution in [3.05, 3.63) is 34.9 Å². The van der Waals surface area contributed by atoms with Gasteiger partial charge in [0.15, 0.2) is 5.84 Å². The van der Waals surface area contributed by atoms with E-state index in [1.807, 2.05) is 16.4 Å². The number of benzene rings is 1. The van der Waals surface area contributed by atoms with E-state index in [9.17, 15) is 4.79 Å². The molecule has 0 aliphatic carbocycles. The van der Waals surface area contributed by atoms with Gasteiger partial charge in [-0.2, -0.15) is 5.10 Å². The molecular weight excluding hydrogens is 276 g/mol. The van der Waals surface area contributed by atoms with Crippen LogP contribution in [0.25, 0.3) is 0 Å². The Kier molecular flexibility index (Phi) is 3.27. The number of thioether (sulfide) groups is 1. The fourth-order valence-electron chi connectivity index (χ4n) is 2.18. The van der Waals surface area contributed by atoms with E-state index in [4.69, 9.17) is 10.5 Å². The molecule has 2 aliphatic heterocycles. The van der Waals surface area contributed by atoms with Crippen LogP contribution in [0.2, 0.25) is 0 Å². The van der Waals surface area contributed by atoms with Gasteiger partial charge in [0.25, 0.3) is 5.91 Å². The molecule has 0 unspecified atom stereocenters. The molecule has 3 rings (SSSR count). The van der Waals surface area contributed by atoms with Crippen molar-refractivity contribution >= 4 is 29.2 Å². The lowest BCUT2D eigenvalue weighted by atomic mass is 10.1. The van der Waals surface area contributed by atoms with Crippen molar-refractivity contribution in [2.45, 2.75) is 0 Å². The molecule has 0 spiro atoms. The molecule has 1 aromatic carbocycles. The summed E-state index contributed by atoms with van der Waals surface area (Å²) in [5, 5.41) is 6.02. The summed E-state index contributed by atoms with van der Waals surface area (Å²) in [6.07, 6.45) is 0. The van der Waals surface area contributed by atoms with Gasteiger partial charge in [0.1, 0.15) is 11.4 Å². The van der Waals surface area contributed by atoms with Crippen LogP contribution >= 0.6 is 11.8 Å². The highest BCUT2D eigenvalue weighted by molar-refractivity contribution is 8.02. The van der Waals surface area contributed by atoms with Gasteiger partial charge in [-0.15, -0.1) is 11.8 Å². The minimum atomic E-state index is -0.178. The molecule has 20 heavy (non-hydrogen) atoms. The summed E-state index contributed by atoms with van der Waals surface area (Å²) in [4.78, 5) is 13.7. The molecule has 2 heterocycles. The maximum absolute atomic E-state index is 11.8. The zero-order chi connectivity index (χ0) is 14.1. The molecule has 7 heteroatoms. The van der Waals surface area contributed by atoms with Crippen LogP contribution in [0.4, 0.5) is 5.69 Å². The van der Waals surface area contributed by atoms with E-state index in [1.54, 1.807) is 31.0 Å². The smallest absolute Gasteiger partial charge is 0.288 e. The third-order valence-electron chi connectivity index (χ3n) is 3.16. The second-order valence-electron chi connectivity index (χ2n) is 4.36. The van der Waals surface area contributed by atoms with Crippen molar-refractivity contribution in [1.29, 1.82) is 0 Å². The summed E-state index contributed by atoms with van der Waals surface area (Å²) in [5.74, 6) is 2.06. The van der Waals surface area contributed by atoms with Crippen LogP contribution < -0.4 is 15.9 Å². The number of nitrogens with one attached hydrogen (secondary N) is 1. The number of hydrogen-bond donors (Lipinski definition) is 2. The number of rotatable bonds is 2. The zero-order valence-electron chi connectivity index (χ0n) is 10.9. The van der Waals surface area contributed by atoms with Crippen LogP contribution in [0.5, 0.6) is 5.75 Å². The Hall–Kier alpha value is -2.15. The summed E-state index contributed by atoms with van der Waals surface area (Å²) in [6, 6.07) is 5.48. The number of amidine groups is 1. The summed E-state index contributed by atoms with van der Waals surface area (Å²) in [5.41, 5.74) is 10.5. The molecule has 6 nitrogen and oxygen atoms in total. The van der Waals surface area contributed by atoms with E-state index in [0.717, 1.165) is 17.9 Å². The Bertz CT molecular complexity index is 627. The monoisotopic (exact) mass is 290 g/mol. The average molecular weight is 290 g/mol. The van der Waals surface area contributed by atoms with Gasteiger partial charge in [0.05, 0.1) is 12.8 Å². The first-order valence-corrected chi connectivity index (χ1v) is 7.17. The van der Waals surface area contributed by atoms with E-state index in [0.29, 0.717) is 23.0 Å². The van der Waals surface area contributed by atoms with Crippen LogP contribution in [0.3, 0.4) is 0 Å². The number of hydrogen-bond acceptors (Lipinski definition) is 6. The molecule has 2 aliphatic rings. The first-order chi connectivity index (χ1) is 9.70. The number of nitrogen functional groups attached to an aromatic ring is 1. The predicted octanol–water partition coefficient (Wildman–Crippen LogP) is 0.959. The maximum atomic E-state index is 11.8. The maximum Gasteiger partial charge on any atom is 0.288 e. The van der Waals surface area contributed by atoms with Crippen molar-refractivity contribution in [2.24, 2.45) is 5.10 Å². The van der Waals surface area contributed by atoms with Gasteiger partial charge in [-0.3, -0.25) is 4.79 Å². The highest BCUT2D eigenvalue weighted by atomic mass is 32.2. The number of hydrazone groups is 1. The first kappa shape index (κ1) is 12.9. The Balaban J connectivity index is 2.01. The van der Waals surface area contributed by atoms with E-state index in [-0.39, 0.29) is 5.91 Å². The van der Waals surface area contributed by atoms with E-state index in [1.165, 1.54) is 0 Å². The fraction of sp³-hybridized carbons (Fsp3) is 0.231. The third-order valence-corrected chi connectivity index (χ3v) is 3.97. The predicted molar refractivity (Wildman–Crippen MR) is 79.3 cm³/mol. The van der Waals surface area contributed by atoms with Gasteiger partial charge in [-0.1, -0.05) is 0 Å². The molecule has 1 amide bonds. The molecule has 0 saturated carbocycles. The van der Waals surface area contributed by atoms with Crippen LogP contribution in [0, 0.1) is 0 Å². The van der Waals surface area contributed by atoms with Gasteiger partial charge < -0.3 is 15.4 Å². The Labute approximate surface area is 120 Å². The van der Waals surface area contributed by atoms with Crippen molar-refractivity contribution in [3.8, 4) is 5.75 Å². The van der Waals surface area contributed by atoms with Crippen molar-refractivity contribution in [2.75, 3.05) is 25.1 Å². The lowest BCUT2D eigenvalue weighted by Gasteiger charge is -2.33. The number of methoxy groups -OCH3 is 1. The minimum absolute atomic E-state index is 0.178. The number of carbonyl (C=O) groups is 1. The van der Waals surface area contributed by atoms with Crippen LogP contribution in [-0.2, 0) is 4.79 Å². The number of fused-ring (bicyclic) bond motifs is 1. The topological polar surface area (TPSA) is 80.0 Å². The molecule has 0 aromatic heterocycles. The number of carbonyl (C=O) groups excluding carboxylic acids is 1. The Morgan fingerprint density at radius 3 is 3.10 bits per heavy atom. The first-order valence-electron chi connectivity index (χ1n) is 6.12. The van der Waals surface area contributed by atoms with Gasteiger partial charge in [0, 0.05) is 23.3 Å². The van der Waals surface area contributed by atoms with Crippen molar-refractivity contribution in [3.63, 3.8) is 0 Å². The highest BCUT2D eigenvalue weighted by Gasteiger charge is 2.29. The lowest BCUT2D eigenvalue weighted by molar-refractivity contribution is -0.119. The van der Waals surface area contributed by atoms with Crippen LogP contribution in [0.1, 0.15) is 5.56 Å². The van der Waals surface area contributed by atoms with Crippen molar-refractivity contribution in [1.82, 2.24) is 10.3 Å². The largest absolute Gasteiger partial charge is 0.495 e. The number of amides is 1. The summed E-state index contributed by atoms with van der Waals surface area (Å²) in [7, 11) is 1.58. The fourth-order valence-corrected chi connectivity index (χ4v) is 2.98. The molecule has 3 N–H and O–H groups in total. The summed E-state index contributed by atoms with van der Waals surface area (Å²) in [6.45, 7) is 0.745. The van der Waals surface area contributed by atoms with Gasteiger partial charge >= 0.3 is 0 Å². The molecule has 0 fully saturated rings. The number of ether oxygens (including phenoxy) is 1. The molecule has 104 valence electrons. The molecule has 0 radical (unpaired) electrons. The van der Waals surface area contributed by atoms with Crippen LogP contribution in [-0.4, -0.2) is 36.1 Å². The molecule has 0 saturated heterocycles. The van der Waals surface area contributed by atoms with E-state index >= 15 is 0 Å².